The van der Waals surface area contributed by atoms with Crippen molar-refractivity contribution in [2.45, 2.75) is 25.8 Å². The number of nitrogens with zero attached hydrogens (tertiary/aromatic N) is 1. The van der Waals surface area contributed by atoms with Crippen LogP contribution < -0.4 is 10.6 Å². The topological polar surface area (TPSA) is 61.4 Å². The van der Waals surface area contributed by atoms with Crippen molar-refractivity contribution < 1.29 is 9.59 Å². The molecule has 26 heavy (non-hydrogen) atoms. The molecule has 0 bridgehead atoms. The monoisotopic (exact) mass is 373 g/mol. The first-order valence-electron chi connectivity index (χ1n) is 8.94. The van der Waals surface area contributed by atoms with E-state index in [1.54, 1.807) is 6.07 Å². The third-order valence-corrected chi connectivity index (χ3v) is 4.67. The van der Waals surface area contributed by atoms with Crippen LogP contribution in [-0.2, 0) is 11.3 Å². The van der Waals surface area contributed by atoms with E-state index in [-0.39, 0.29) is 11.8 Å². The van der Waals surface area contributed by atoms with Crippen molar-refractivity contribution in [3.63, 3.8) is 0 Å². The quantitative estimate of drug-likeness (QED) is 0.596. The van der Waals surface area contributed by atoms with Crippen LogP contribution in [0.5, 0.6) is 0 Å². The molecule has 0 aliphatic carbocycles. The molecule has 1 aromatic carbocycles. The van der Waals surface area contributed by atoms with Crippen LogP contribution in [0.4, 0.5) is 0 Å². The van der Waals surface area contributed by atoms with Gasteiger partial charge in [0.2, 0.25) is 5.91 Å². The van der Waals surface area contributed by atoms with Gasteiger partial charge in [0.15, 0.2) is 0 Å². The van der Waals surface area contributed by atoms with Gasteiger partial charge in [-0.1, -0.05) is 30.3 Å². The number of hydrogen-bond acceptors (Lipinski definition) is 4. The zero-order chi connectivity index (χ0) is 18.6. The van der Waals surface area contributed by atoms with Gasteiger partial charge in [0.05, 0.1) is 0 Å². The molecule has 140 valence electrons. The molecule has 0 atom stereocenters. The van der Waals surface area contributed by atoms with E-state index in [4.69, 9.17) is 0 Å². The highest BCUT2D eigenvalue weighted by Crippen LogP contribution is 2.05. The zero-order valence-corrected chi connectivity index (χ0v) is 16.1. The Labute approximate surface area is 159 Å². The Balaban J connectivity index is 1.48. The highest BCUT2D eigenvalue weighted by Gasteiger charge is 2.06. The first kappa shape index (κ1) is 20.1. The number of carbonyl (C=O) groups is 2. The van der Waals surface area contributed by atoms with Gasteiger partial charge in [0, 0.05) is 37.0 Å². The van der Waals surface area contributed by atoms with Gasteiger partial charge in [-0.2, -0.15) is 11.3 Å². The Morgan fingerprint density at radius 2 is 1.81 bits per heavy atom. The van der Waals surface area contributed by atoms with Crippen LogP contribution >= 0.6 is 11.3 Å². The molecule has 2 rings (SSSR count). The second-order valence-corrected chi connectivity index (χ2v) is 7.08. The standard InChI is InChI=1S/C20H27N3O2S/c1-23(15-17-7-3-2-4-8-17)13-6-12-21-19(24)9-5-11-22-20(25)18-10-14-26-16-18/h2-4,7-8,10,14,16H,5-6,9,11-13,15H2,1H3,(H,21,24)(H,22,25). The molecule has 0 unspecified atom stereocenters. The minimum Gasteiger partial charge on any atom is -0.356 e. The summed E-state index contributed by atoms with van der Waals surface area (Å²) in [5, 5.41) is 9.46. The van der Waals surface area contributed by atoms with E-state index in [2.05, 4.69) is 34.7 Å². The first-order chi connectivity index (χ1) is 12.6. The third-order valence-electron chi connectivity index (χ3n) is 3.98. The smallest absolute Gasteiger partial charge is 0.252 e. The molecule has 0 spiro atoms. The molecular formula is C20H27N3O2S. The molecule has 1 heterocycles. The third kappa shape index (κ3) is 7.80. The summed E-state index contributed by atoms with van der Waals surface area (Å²) in [6.45, 7) is 3.05. The van der Waals surface area contributed by atoms with E-state index < -0.39 is 0 Å². The summed E-state index contributed by atoms with van der Waals surface area (Å²) >= 11 is 1.50. The molecule has 2 aromatic rings. The Morgan fingerprint density at radius 1 is 1.04 bits per heavy atom. The molecule has 2 N–H and O–H groups in total. The van der Waals surface area contributed by atoms with Crippen molar-refractivity contribution in [3.8, 4) is 0 Å². The molecule has 0 aliphatic rings. The van der Waals surface area contributed by atoms with Crippen LogP contribution in [0.2, 0.25) is 0 Å². The second kappa shape index (κ2) is 11.4. The number of thiophene rings is 1. The van der Waals surface area contributed by atoms with Gasteiger partial charge in [0.1, 0.15) is 0 Å². The Hall–Kier alpha value is -2.18. The lowest BCUT2D eigenvalue weighted by Gasteiger charge is -2.16. The molecule has 0 aliphatic heterocycles. The minimum absolute atomic E-state index is 0.0421. The molecule has 0 saturated heterocycles. The summed E-state index contributed by atoms with van der Waals surface area (Å²) in [5.74, 6) is -0.0337. The van der Waals surface area contributed by atoms with Gasteiger partial charge >= 0.3 is 0 Å². The highest BCUT2D eigenvalue weighted by molar-refractivity contribution is 7.08. The second-order valence-electron chi connectivity index (χ2n) is 6.30. The summed E-state index contributed by atoms with van der Waals surface area (Å²) < 4.78 is 0. The van der Waals surface area contributed by atoms with Gasteiger partial charge < -0.3 is 15.5 Å². The fourth-order valence-corrected chi connectivity index (χ4v) is 3.22. The van der Waals surface area contributed by atoms with Gasteiger partial charge in [-0.25, -0.2) is 0 Å². The molecule has 0 fully saturated rings. The largest absolute Gasteiger partial charge is 0.356 e. The van der Waals surface area contributed by atoms with Crippen LogP contribution in [0.1, 0.15) is 35.2 Å². The van der Waals surface area contributed by atoms with E-state index in [9.17, 15) is 9.59 Å². The molecule has 0 radical (unpaired) electrons. The first-order valence-corrected chi connectivity index (χ1v) is 9.89. The Morgan fingerprint density at radius 3 is 2.54 bits per heavy atom. The summed E-state index contributed by atoms with van der Waals surface area (Å²) in [6.07, 6.45) is 2.00. The number of amides is 2. The minimum atomic E-state index is -0.0758. The van der Waals surface area contributed by atoms with Crippen molar-refractivity contribution >= 4 is 23.2 Å². The summed E-state index contributed by atoms with van der Waals surface area (Å²) in [6, 6.07) is 12.2. The van der Waals surface area contributed by atoms with Crippen molar-refractivity contribution in [2.24, 2.45) is 0 Å². The number of carbonyl (C=O) groups excluding carboxylic acids is 2. The van der Waals surface area contributed by atoms with Gasteiger partial charge in [-0.05, 0) is 43.4 Å². The van der Waals surface area contributed by atoms with E-state index >= 15 is 0 Å². The number of nitrogens with one attached hydrogen (secondary N) is 2. The van der Waals surface area contributed by atoms with Gasteiger partial charge in [0.25, 0.3) is 5.91 Å². The van der Waals surface area contributed by atoms with E-state index in [0.29, 0.717) is 31.5 Å². The van der Waals surface area contributed by atoms with E-state index in [1.165, 1.54) is 16.9 Å². The molecule has 0 saturated carbocycles. The van der Waals surface area contributed by atoms with Gasteiger partial charge in [-0.3, -0.25) is 9.59 Å². The van der Waals surface area contributed by atoms with Crippen LogP contribution in [-0.4, -0.2) is 43.4 Å². The van der Waals surface area contributed by atoms with Crippen molar-refractivity contribution in [2.75, 3.05) is 26.7 Å². The Kier molecular flexibility index (Phi) is 8.86. The maximum atomic E-state index is 11.8. The van der Waals surface area contributed by atoms with Crippen molar-refractivity contribution in [1.82, 2.24) is 15.5 Å². The van der Waals surface area contributed by atoms with Crippen LogP contribution in [0.15, 0.2) is 47.2 Å². The Bertz CT molecular complexity index is 659. The maximum absolute atomic E-state index is 11.8. The summed E-state index contributed by atoms with van der Waals surface area (Å²) in [5.41, 5.74) is 1.97. The predicted octanol–water partition coefficient (Wildman–Crippen LogP) is 2.90. The van der Waals surface area contributed by atoms with Gasteiger partial charge in [-0.15, -0.1) is 0 Å². The average Bonchev–Trinajstić information content (AvgIpc) is 3.18. The predicted molar refractivity (Wildman–Crippen MR) is 106 cm³/mol. The lowest BCUT2D eigenvalue weighted by atomic mass is 10.2. The van der Waals surface area contributed by atoms with Crippen LogP contribution in [0.3, 0.4) is 0 Å². The number of hydrogen-bond donors (Lipinski definition) is 2. The molecule has 5 nitrogen and oxygen atoms in total. The maximum Gasteiger partial charge on any atom is 0.252 e. The summed E-state index contributed by atoms with van der Waals surface area (Å²) in [7, 11) is 2.09. The molecule has 1 aromatic heterocycles. The van der Waals surface area contributed by atoms with Crippen molar-refractivity contribution in [1.29, 1.82) is 0 Å². The SMILES string of the molecule is CN(CCCNC(=O)CCCNC(=O)c1ccsc1)Cc1ccccc1. The average molecular weight is 374 g/mol. The normalized spacial score (nSPS) is 10.7. The van der Waals surface area contributed by atoms with E-state index in [1.807, 2.05) is 29.0 Å². The van der Waals surface area contributed by atoms with Crippen molar-refractivity contribution in [3.05, 3.63) is 58.3 Å². The van der Waals surface area contributed by atoms with E-state index in [0.717, 1.165) is 19.5 Å². The molecule has 6 heteroatoms. The lowest BCUT2D eigenvalue weighted by molar-refractivity contribution is -0.121. The zero-order valence-electron chi connectivity index (χ0n) is 15.2. The van der Waals surface area contributed by atoms with Crippen LogP contribution in [0.25, 0.3) is 0 Å². The fraction of sp³-hybridized carbons (Fsp3) is 0.400. The number of benzene rings is 1. The van der Waals surface area contributed by atoms with Crippen LogP contribution in [0, 0.1) is 0 Å². The fourth-order valence-electron chi connectivity index (χ4n) is 2.59. The summed E-state index contributed by atoms with van der Waals surface area (Å²) in [4.78, 5) is 25.8. The lowest BCUT2D eigenvalue weighted by Crippen LogP contribution is -2.29. The molecule has 2 amide bonds. The number of rotatable bonds is 11. The highest BCUT2D eigenvalue weighted by atomic mass is 32.1. The molecular weight excluding hydrogens is 346 g/mol.